The number of nitrogens with one attached hydrogen (secondary N) is 1. The summed E-state index contributed by atoms with van der Waals surface area (Å²) in [7, 11) is 0. The molecule has 0 aromatic heterocycles. The molecule has 0 atom stereocenters. The highest BCUT2D eigenvalue weighted by Gasteiger charge is 2.18. The number of carbonyl (C=O) groups excluding carboxylic acids is 1. The maximum atomic E-state index is 11.2. The molecule has 1 fully saturated rings. The van der Waals surface area contributed by atoms with Crippen LogP contribution in [0.2, 0.25) is 0 Å². The minimum atomic E-state index is -0.335. The van der Waals surface area contributed by atoms with Crippen LogP contribution in [-0.2, 0) is 9.53 Å². The fourth-order valence-corrected chi connectivity index (χ4v) is 1.61. The lowest BCUT2D eigenvalue weighted by Gasteiger charge is -1.98. The molecule has 0 spiro atoms. The van der Waals surface area contributed by atoms with Gasteiger partial charge in [0.15, 0.2) is 18.2 Å². The summed E-state index contributed by atoms with van der Waals surface area (Å²) >= 11 is 0. The predicted molar refractivity (Wildman–Crippen MR) is 54.6 cm³/mol. The monoisotopic (exact) mass is 219 g/mol. The molecule has 0 bridgehead atoms. The first-order valence-electron chi connectivity index (χ1n) is 4.85. The molecule has 1 aromatic rings. The van der Waals surface area contributed by atoms with Gasteiger partial charge in [0.25, 0.3) is 0 Å². The molecule has 0 saturated carbocycles. The molecule has 0 aliphatic carbocycles. The van der Waals surface area contributed by atoms with Gasteiger partial charge in [-0.2, -0.15) is 0 Å². The van der Waals surface area contributed by atoms with Gasteiger partial charge in [-0.05, 0) is 23.8 Å². The molecule has 1 aromatic carbocycles. The number of hydrogen-bond acceptors (Lipinski definition) is 5. The fourth-order valence-electron chi connectivity index (χ4n) is 1.61. The molecule has 1 N–H and O–H groups in total. The average Bonchev–Trinajstić information content (AvgIpc) is 2.88. The average molecular weight is 219 g/mol. The van der Waals surface area contributed by atoms with Crippen LogP contribution in [0.1, 0.15) is 5.56 Å². The number of ether oxygens (including phenoxy) is 3. The highest BCUT2D eigenvalue weighted by Crippen LogP contribution is 2.33. The van der Waals surface area contributed by atoms with Gasteiger partial charge in [-0.15, -0.1) is 0 Å². The maximum absolute atomic E-state index is 11.2. The molecule has 2 heterocycles. The van der Waals surface area contributed by atoms with Gasteiger partial charge in [0.1, 0.15) is 5.70 Å². The molecule has 3 rings (SSSR count). The molecule has 16 heavy (non-hydrogen) atoms. The molecule has 82 valence electrons. The van der Waals surface area contributed by atoms with E-state index in [2.05, 4.69) is 5.32 Å². The first kappa shape index (κ1) is 9.08. The zero-order valence-electron chi connectivity index (χ0n) is 8.36. The Balaban J connectivity index is 1.93. The Morgan fingerprint density at radius 3 is 2.88 bits per heavy atom. The zero-order chi connectivity index (χ0) is 11.0. The van der Waals surface area contributed by atoms with Crippen molar-refractivity contribution in [3.05, 3.63) is 29.5 Å². The molecule has 1 saturated heterocycles. The lowest BCUT2D eigenvalue weighted by Crippen LogP contribution is -2.05. The first-order chi connectivity index (χ1) is 7.83. The smallest absolute Gasteiger partial charge is 0.356 e. The summed E-state index contributed by atoms with van der Waals surface area (Å²) in [4.78, 5) is 11.2. The molecule has 5 nitrogen and oxygen atoms in total. The summed E-state index contributed by atoms with van der Waals surface area (Å²) in [5, 5.41) is 2.84. The SMILES string of the molecule is O=C1OCN/C1=C\c1ccc2c(c1)OCO2. The van der Waals surface area contributed by atoms with Gasteiger partial charge < -0.3 is 19.5 Å². The number of fused-ring (bicyclic) bond motifs is 1. The van der Waals surface area contributed by atoms with E-state index >= 15 is 0 Å². The number of hydrogen-bond donors (Lipinski definition) is 1. The Kier molecular flexibility index (Phi) is 1.96. The zero-order valence-corrected chi connectivity index (χ0v) is 8.36. The van der Waals surface area contributed by atoms with E-state index in [1.54, 1.807) is 6.08 Å². The van der Waals surface area contributed by atoms with Crippen molar-refractivity contribution in [2.75, 3.05) is 13.5 Å². The summed E-state index contributed by atoms with van der Waals surface area (Å²) in [6, 6.07) is 5.49. The topological polar surface area (TPSA) is 56.8 Å². The van der Waals surface area contributed by atoms with Crippen molar-refractivity contribution in [1.82, 2.24) is 5.32 Å². The van der Waals surface area contributed by atoms with Gasteiger partial charge in [-0.1, -0.05) is 6.07 Å². The predicted octanol–water partition coefficient (Wildman–Crippen LogP) is 0.860. The lowest BCUT2D eigenvalue weighted by atomic mass is 10.1. The molecule has 0 amide bonds. The largest absolute Gasteiger partial charge is 0.454 e. The van der Waals surface area contributed by atoms with Crippen LogP contribution in [0.3, 0.4) is 0 Å². The van der Waals surface area contributed by atoms with Crippen molar-refractivity contribution in [3.63, 3.8) is 0 Å². The van der Waals surface area contributed by atoms with Gasteiger partial charge in [-0.25, -0.2) is 4.79 Å². The van der Waals surface area contributed by atoms with E-state index in [4.69, 9.17) is 14.2 Å². The second-order valence-corrected chi connectivity index (χ2v) is 3.42. The molecule has 2 aliphatic heterocycles. The van der Waals surface area contributed by atoms with Gasteiger partial charge in [0, 0.05) is 0 Å². The van der Waals surface area contributed by atoms with E-state index in [-0.39, 0.29) is 19.5 Å². The normalized spacial score (nSPS) is 19.8. The Hall–Kier alpha value is -2.17. The van der Waals surface area contributed by atoms with Crippen LogP contribution in [0.15, 0.2) is 23.9 Å². The minimum Gasteiger partial charge on any atom is -0.454 e. The highest BCUT2D eigenvalue weighted by molar-refractivity contribution is 5.94. The number of rotatable bonds is 1. The van der Waals surface area contributed by atoms with Gasteiger partial charge in [-0.3, -0.25) is 0 Å². The van der Waals surface area contributed by atoms with Crippen molar-refractivity contribution in [2.45, 2.75) is 0 Å². The third kappa shape index (κ3) is 1.46. The lowest BCUT2D eigenvalue weighted by molar-refractivity contribution is -0.135. The Morgan fingerprint density at radius 2 is 2.06 bits per heavy atom. The Morgan fingerprint density at radius 1 is 1.19 bits per heavy atom. The summed E-state index contributed by atoms with van der Waals surface area (Å²) < 4.78 is 15.2. The van der Waals surface area contributed by atoms with Crippen LogP contribution in [0.4, 0.5) is 0 Å². The first-order valence-corrected chi connectivity index (χ1v) is 4.85. The molecular weight excluding hydrogens is 210 g/mol. The second-order valence-electron chi connectivity index (χ2n) is 3.42. The number of benzene rings is 1. The van der Waals surface area contributed by atoms with Gasteiger partial charge in [0.05, 0.1) is 0 Å². The van der Waals surface area contributed by atoms with Crippen LogP contribution >= 0.6 is 0 Å². The number of esters is 1. The molecule has 0 unspecified atom stereocenters. The number of carbonyl (C=O) groups is 1. The van der Waals surface area contributed by atoms with Crippen molar-refractivity contribution in [2.24, 2.45) is 0 Å². The second kappa shape index (κ2) is 3.44. The minimum absolute atomic E-state index is 0.231. The summed E-state index contributed by atoms with van der Waals surface area (Å²) in [6.45, 7) is 0.477. The molecular formula is C11H9NO4. The fraction of sp³-hybridized carbons (Fsp3) is 0.182. The maximum Gasteiger partial charge on any atom is 0.356 e. The van der Waals surface area contributed by atoms with Crippen molar-refractivity contribution >= 4 is 12.0 Å². The van der Waals surface area contributed by atoms with Crippen LogP contribution in [0.25, 0.3) is 6.08 Å². The van der Waals surface area contributed by atoms with Crippen LogP contribution in [0, 0.1) is 0 Å². The van der Waals surface area contributed by atoms with Gasteiger partial charge in [0.2, 0.25) is 6.79 Å². The molecule has 0 radical (unpaired) electrons. The van der Waals surface area contributed by atoms with Crippen molar-refractivity contribution in [3.8, 4) is 11.5 Å². The van der Waals surface area contributed by atoms with E-state index in [9.17, 15) is 4.79 Å². The van der Waals surface area contributed by atoms with Crippen molar-refractivity contribution in [1.29, 1.82) is 0 Å². The standard InChI is InChI=1S/C11H9NO4/c13-11-8(12-5-14-11)3-7-1-2-9-10(4-7)16-6-15-9/h1-4,12H,5-6H2/b8-3-. The number of cyclic esters (lactones) is 1. The van der Waals surface area contributed by atoms with E-state index in [0.717, 1.165) is 11.3 Å². The van der Waals surface area contributed by atoms with E-state index in [1.165, 1.54) is 0 Å². The third-order valence-corrected chi connectivity index (χ3v) is 2.39. The molecule has 5 heteroatoms. The van der Waals surface area contributed by atoms with Crippen LogP contribution in [-0.4, -0.2) is 19.5 Å². The Labute approximate surface area is 91.6 Å². The third-order valence-electron chi connectivity index (χ3n) is 2.39. The van der Waals surface area contributed by atoms with Crippen LogP contribution < -0.4 is 14.8 Å². The Bertz CT molecular complexity index is 481. The van der Waals surface area contributed by atoms with E-state index in [1.807, 2.05) is 18.2 Å². The van der Waals surface area contributed by atoms with E-state index < -0.39 is 0 Å². The van der Waals surface area contributed by atoms with Gasteiger partial charge >= 0.3 is 5.97 Å². The summed E-state index contributed by atoms with van der Waals surface area (Å²) in [6.07, 6.45) is 1.72. The van der Waals surface area contributed by atoms with Crippen LogP contribution in [0.5, 0.6) is 11.5 Å². The highest BCUT2D eigenvalue weighted by atomic mass is 16.7. The summed E-state index contributed by atoms with van der Waals surface area (Å²) in [5.41, 5.74) is 1.32. The quantitative estimate of drug-likeness (QED) is 0.560. The summed E-state index contributed by atoms with van der Waals surface area (Å²) in [5.74, 6) is 1.09. The molecule has 2 aliphatic rings. The van der Waals surface area contributed by atoms with E-state index in [0.29, 0.717) is 11.4 Å². The van der Waals surface area contributed by atoms with Crippen molar-refractivity contribution < 1.29 is 19.0 Å².